The summed E-state index contributed by atoms with van der Waals surface area (Å²) in [5, 5.41) is 0. The molecule has 1 heteroatoms. The molecule has 0 aromatic heterocycles. The lowest BCUT2D eigenvalue weighted by Gasteiger charge is -2.02. The van der Waals surface area contributed by atoms with Gasteiger partial charge in [-0.05, 0) is 0 Å². The number of terminal acetylenes is 1. The van der Waals surface area contributed by atoms with Gasteiger partial charge in [0.25, 0.3) is 0 Å². The molecule has 0 rings (SSSR count). The second kappa shape index (κ2) is 3.38. The van der Waals surface area contributed by atoms with E-state index >= 15 is 0 Å². The maximum absolute atomic E-state index is 5.02. The molecule has 0 radical (unpaired) electrons. The Bertz CT molecular complexity index is 167. The van der Waals surface area contributed by atoms with Crippen LogP contribution < -0.4 is 0 Å². The summed E-state index contributed by atoms with van der Waals surface area (Å²) in [5.74, 6) is 5.44. The molecular weight excluding hydrogens is 124 g/mol. The van der Waals surface area contributed by atoms with Crippen LogP contribution in [-0.2, 0) is 0 Å². The molecule has 9 heavy (non-hydrogen) atoms. The molecule has 0 bridgehead atoms. The molecule has 0 unspecified atom stereocenters. The highest BCUT2D eigenvalue weighted by Gasteiger charge is 2.06. The highest BCUT2D eigenvalue weighted by molar-refractivity contribution is 6.83. The second-order valence-electron chi connectivity index (χ2n) is 2.93. The van der Waals surface area contributed by atoms with Crippen LogP contribution in [0.4, 0.5) is 0 Å². The van der Waals surface area contributed by atoms with Crippen molar-refractivity contribution in [3.8, 4) is 23.8 Å². The number of rotatable bonds is 0. The minimum absolute atomic E-state index is 0.601. The molecule has 0 aliphatic heterocycles. The smallest absolute Gasteiger partial charge is 0.129 e. The quantitative estimate of drug-likeness (QED) is 0.352. The standard InChI is InChI=1S/C8H12Si/c1-5-6-7-8-9(2,3)4/h1H,6H2,2-4H3. The van der Waals surface area contributed by atoms with Crippen molar-refractivity contribution < 1.29 is 0 Å². The molecule has 0 amide bonds. The fraction of sp³-hybridized carbons (Fsp3) is 0.500. The van der Waals surface area contributed by atoms with Crippen LogP contribution in [0.3, 0.4) is 0 Å². The van der Waals surface area contributed by atoms with Gasteiger partial charge >= 0.3 is 0 Å². The van der Waals surface area contributed by atoms with Crippen LogP contribution in [0.15, 0.2) is 0 Å². The largest absolute Gasteiger partial charge is 0.131 e. The van der Waals surface area contributed by atoms with Gasteiger partial charge in [0.05, 0.1) is 6.42 Å². The molecular formula is C8H12Si. The van der Waals surface area contributed by atoms with Gasteiger partial charge in [0, 0.05) is 0 Å². The van der Waals surface area contributed by atoms with Gasteiger partial charge in [0.2, 0.25) is 0 Å². The van der Waals surface area contributed by atoms with Gasteiger partial charge < -0.3 is 0 Å². The molecule has 0 aromatic carbocycles. The van der Waals surface area contributed by atoms with Crippen LogP contribution >= 0.6 is 0 Å². The van der Waals surface area contributed by atoms with E-state index in [2.05, 4.69) is 37.0 Å². The lowest BCUT2D eigenvalue weighted by Crippen LogP contribution is -2.16. The van der Waals surface area contributed by atoms with Crippen molar-refractivity contribution >= 4 is 8.07 Å². The Morgan fingerprint density at radius 3 is 2.22 bits per heavy atom. The van der Waals surface area contributed by atoms with Crippen LogP contribution in [0, 0.1) is 23.8 Å². The highest BCUT2D eigenvalue weighted by atomic mass is 28.3. The molecule has 0 saturated heterocycles. The topological polar surface area (TPSA) is 0 Å². The maximum atomic E-state index is 5.02. The fourth-order valence-corrected chi connectivity index (χ4v) is 0.979. The molecule has 0 nitrogen and oxygen atoms in total. The summed E-state index contributed by atoms with van der Waals surface area (Å²) in [4.78, 5) is 0. The van der Waals surface area contributed by atoms with Crippen molar-refractivity contribution in [1.29, 1.82) is 0 Å². The van der Waals surface area contributed by atoms with E-state index in [4.69, 9.17) is 6.42 Å². The predicted molar refractivity (Wildman–Crippen MR) is 44.6 cm³/mol. The first-order chi connectivity index (χ1) is 4.06. The Kier molecular flexibility index (Phi) is 3.13. The first-order valence-electron chi connectivity index (χ1n) is 3.00. The first kappa shape index (κ1) is 8.34. The van der Waals surface area contributed by atoms with E-state index in [0.717, 1.165) is 0 Å². The van der Waals surface area contributed by atoms with Gasteiger partial charge in [-0.3, -0.25) is 0 Å². The second-order valence-corrected chi connectivity index (χ2v) is 7.68. The normalized spacial score (nSPS) is 9.11. The zero-order chi connectivity index (χ0) is 7.33. The first-order valence-corrected chi connectivity index (χ1v) is 6.50. The maximum Gasteiger partial charge on any atom is 0.129 e. The number of hydrogen-bond acceptors (Lipinski definition) is 0. The third kappa shape index (κ3) is 7.34. The molecule has 0 aromatic rings. The summed E-state index contributed by atoms with van der Waals surface area (Å²) in [6.45, 7) is 6.61. The Hall–Kier alpha value is -0.663. The molecule has 0 N–H and O–H groups in total. The third-order valence-electron chi connectivity index (χ3n) is 0.654. The zero-order valence-corrected chi connectivity index (χ0v) is 7.28. The summed E-state index contributed by atoms with van der Waals surface area (Å²) in [6.07, 6.45) is 5.62. The molecule has 0 heterocycles. The van der Waals surface area contributed by atoms with E-state index in [1.165, 1.54) is 0 Å². The molecule has 0 aliphatic carbocycles. The Balaban J connectivity index is 3.77. The van der Waals surface area contributed by atoms with E-state index < -0.39 is 8.07 Å². The van der Waals surface area contributed by atoms with Crippen molar-refractivity contribution in [3.63, 3.8) is 0 Å². The fourth-order valence-electron chi connectivity index (χ4n) is 0.360. The van der Waals surface area contributed by atoms with Crippen molar-refractivity contribution in [2.45, 2.75) is 26.1 Å². The zero-order valence-electron chi connectivity index (χ0n) is 6.28. The van der Waals surface area contributed by atoms with Gasteiger partial charge in [-0.1, -0.05) is 31.5 Å². The molecule has 0 spiro atoms. The monoisotopic (exact) mass is 136 g/mol. The minimum Gasteiger partial charge on any atom is -0.131 e. The minimum atomic E-state index is -1.15. The molecule has 0 saturated carbocycles. The predicted octanol–water partition coefficient (Wildman–Crippen LogP) is 1.89. The summed E-state index contributed by atoms with van der Waals surface area (Å²) in [6, 6.07) is 0. The van der Waals surface area contributed by atoms with Crippen molar-refractivity contribution in [2.75, 3.05) is 0 Å². The Morgan fingerprint density at radius 2 is 1.89 bits per heavy atom. The van der Waals surface area contributed by atoms with E-state index in [1.54, 1.807) is 0 Å². The van der Waals surface area contributed by atoms with Crippen LogP contribution in [-0.4, -0.2) is 8.07 Å². The summed E-state index contributed by atoms with van der Waals surface area (Å²) < 4.78 is 0. The van der Waals surface area contributed by atoms with Crippen molar-refractivity contribution in [2.24, 2.45) is 0 Å². The van der Waals surface area contributed by atoms with Crippen molar-refractivity contribution in [1.82, 2.24) is 0 Å². The number of hydrogen-bond donors (Lipinski definition) is 0. The van der Waals surface area contributed by atoms with Crippen LogP contribution in [0.25, 0.3) is 0 Å². The molecule has 0 aliphatic rings. The van der Waals surface area contributed by atoms with Crippen molar-refractivity contribution in [3.05, 3.63) is 0 Å². The van der Waals surface area contributed by atoms with Gasteiger partial charge in [-0.15, -0.1) is 12.0 Å². The van der Waals surface area contributed by atoms with E-state index in [9.17, 15) is 0 Å². The van der Waals surface area contributed by atoms with Crippen LogP contribution in [0.5, 0.6) is 0 Å². The SMILES string of the molecule is C#CCC#C[Si](C)(C)C. The lowest BCUT2D eigenvalue weighted by molar-refractivity contribution is 1.57. The average molecular weight is 136 g/mol. The Morgan fingerprint density at radius 1 is 1.33 bits per heavy atom. The summed E-state index contributed by atoms with van der Waals surface area (Å²) in [7, 11) is -1.15. The van der Waals surface area contributed by atoms with Crippen LogP contribution in [0.2, 0.25) is 19.6 Å². The lowest BCUT2D eigenvalue weighted by atomic mass is 10.5. The molecule has 0 fully saturated rings. The van der Waals surface area contributed by atoms with E-state index in [-0.39, 0.29) is 0 Å². The van der Waals surface area contributed by atoms with Gasteiger partial charge in [-0.25, -0.2) is 0 Å². The van der Waals surface area contributed by atoms with E-state index in [0.29, 0.717) is 6.42 Å². The molecule has 48 valence electrons. The van der Waals surface area contributed by atoms with E-state index in [1.807, 2.05) is 0 Å². The Labute approximate surface area is 58.7 Å². The van der Waals surface area contributed by atoms with Gasteiger partial charge in [0.15, 0.2) is 0 Å². The summed E-state index contributed by atoms with van der Waals surface area (Å²) in [5.41, 5.74) is 3.17. The van der Waals surface area contributed by atoms with Crippen LogP contribution in [0.1, 0.15) is 6.42 Å². The highest BCUT2D eigenvalue weighted by Crippen LogP contribution is 1.95. The third-order valence-corrected chi connectivity index (χ3v) is 1.58. The average Bonchev–Trinajstić information content (AvgIpc) is 1.63. The molecule has 0 atom stereocenters. The van der Waals surface area contributed by atoms with Gasteiger partial charge in [0.1, 0.15) is 8.07 Å². The van der Waals surface area contributed by atoms with Gasteiger partial charge in [-0.2, -0.15) is 0 Å². The summed E-state index contributed by atoms with van der Waals surface area (Å²) >= 11 is 0.